The third kappa shape index (κ3) is 2.76. The molecule has 14 heavy (non-hydrogen) atoms. The van der Waals surface area contributed by atoms with E-state index in [4.69, 9.17) is 0 Å². The highest BCUT2D eigenvalue weighted by atomic mass is 19.1. The Bertz CT molecular complexity index is 349. The van der Waals surface area contributed by atoms with Gasteiger partial charge in [-0.3, -0.25) is 4.79 Å². The lowest BCUT2D eigenvalue weighted by Crippen LogP contribution is -1.96. The number of hydrogen-bond acceptors (Lipinski definition) is 1. The summed E-state index contributed by atoms with van der Waals surface area (Å²) in [6.45, 7) is 1.87. The van der Waals surface area contributed by atoms with Crippen LogP contribution in [0.25, 0.3) is 0 Å². The highest BCUT2D eigenvalue weighted by Gasteiger charge is 2.05. The summed E-state index contributed by atoms with van der Waals surface area (Å²) >= 11 is 0. The Hall–Kier alpha value is -1.51. The van der Waals surface area contributed by atoms with E-state index in [-0.39, 0.29) is 11.3 Å². The summed E-state index contributed by atoms with van der Waals surface area (Å²) in [4.78, 5) is 11.3. The minimum atomic E-state index is -0.738. The lowest BCUT2D eigenvalue weighted by atomic mass is 10.1. The molecule has 0 saturated carbocycles. The third-order valence-corrected chi connectivity index (χ3v) is 1.65. The first kappa shape index (κ1) is 10.6. The minimum Gasteiger partial charge on any atom is -0.289 e. The normalized spacial score (nSPS) is 10.8. The molecule has 0 aliphatic carbocycles. The van der Waals surface area contributed by atoms with Crippen LogP contribution in [0.4, 0.5) is 8.78 Å². The van der Waals surface area contributed by atoms with Crippen molar-refractivity contribution in [3.8, 4) is 0 Å². The lowest BCUT2D eigenvalue weighted by molar-refractivity contribution is 0.104. The number of rotatable bonds is 3. The number of halogens is 2. The second-order valence-corrected chi connectivity index (χ2v) is 2.83. The topological polar surface area (TPSA) is 17.1 Å². The van der Waals surface area contributed by atoms with E-state index in [9.17, 15) is 13.6 Å². The Balaban J connectivity index is 2.95. The van der Waals surface area contributed by atoms with Gasteiger partial charge in [0, 0.05) is 11.6 Å². The molecule has 0 aliphatic rings. The molecular formula is C11H10F2O. The monoisotopic (exact) mass is 196 g/mol. The molecule has 0 heterocycles. The largest absolute Gasteiger partial charge is 0.289 e. The van der Waals surface area contributed by atoms with Gasteiger partial charge in [-0.05, 0) is 24.6 Å². The zero-order valence-corrected chi connectivity index (χ0v) is 7.76. The summed E-state index contributed by atoms with van der Waals surface area (Å²) in [7, 11) is 0. The number of carbonyl (C=O) groups is 1. The SMILES string of the molecule is CC/C=C/C(=O)c1cc(F)cc(F)c1. The molecule has 0 bridgehead atoms. The van der Waals surface area contributed by atoms with Crippen molar-refractivity contribution in [1.82, 2.24) is 0 Å². The molecule has 0 unspecified atom stereocenters. The van der Waals surface area contributed by atoms with Crippen molar-refractivity contribution >= 4 is 5.78 Å². The summed E-state index contributed by atoms with van der Waals surface area (Å²) in [6.07, 6.45) is 3.67. The van der Waals surface area contributed by atoms with E-state index in [2.05, 4.69) is 0 Å². The number of allylic oxidation sites excluding steroid dienone is 2. The van der Waals surface area contributed by atoms with Crippen LogP contribution >= 0.6 is 0 Å². The standard InChI is InChI=1S/C11H10F2O/c1-2-3-4-11(14)8-5-9(12)7-10(13)6-8/h3-7H,2H2,1H3/b4-3+. The van der Waals surface area contributed by atoms with Gasteiger partial charge in [0.1, 0.15) is 11.6 Å². The van der Waals surface area contributed by atoms with Crippen LogP contribution in [-0.2, 0) is 0 Å². The molecule has 3 heteroatoms. The maximum Gasteiger partial charge on any atom is 0.185 e. The fourth-order valence-corrected chi connectivity index (χ4v) is 1.02. The molecule has 0 atom stereocenters. The highest BCUT2D eigenvalue weighted by molar-refractivity contribution is 6.04. The maximum absolute atomic E-state index is 12.7. The molecule has 74 valence electrons. The summed E-state index contributed by atoms with van der Waals surface area (Å²) in [6, 6.07) is 2.77. The van der Waals surface area contributed by atoms with Crippen molar-refractivity contribution < 1.29 is 13.6 Å². The molecule has 0 aromatic heterocycles. The van der Waals surface area contributed by atoms with E-state index in [1.54, 1.807) is 6.08 Å². The first-order valence-electron chi connectivity index (χ1n) is 4.30. The Morgan fingerprint density at radius 3 is 2.36 bits per heavy atom. The number of hydrogen-bond donors (Lipinski definition) is 0. The average Bonchev–Trinajstić information content (AvgIpc) is 2.12. The van der Waals surface area contributed by atoms with E-state index in [1.807, 2.05) is 6.92 Å². The Morgan fingerprint density at radius 1 is 1.29 bits per heavy atom. The number of carbonyl (C=O) groups excluding carboxylic acids is 1. The van der Waals surface area contributed by atoms with E-state index >= 15 is 0 Å². The molecule has 0 N–H and O–H groups in total. The van der Waals surface area contributed by atoms with E-state index in [1.165, 1.54) is 6.08 Å². The number of benzene rings is 1. The van der Waals surface area contributed by atoms with Gasteiger partial charge in [0.15, 0.2) is 5.78 Å². The summed E-state index contributed by atoms with van der Waals surface area (Å²) in [5.41, 5.74) is 0.0344. The molecule has 1 aromatic rings. The zero-order valence-electron chi connectivity index (χ0n) is 7.76. The third-order valence-electron chi connectivity index (χ3n) is 1.65. The summed E-state index contributed by atoms with van der Waals surface area (Å²) in [5.74, 6) is -1.86. The summed E-state index contributed by atoms with van der Waals surface area (Å²) < 4.78 is 25.4. The van der Waals surface area contributed by atoms with Crippen LogP contribution < -0.4 is 0 Å². The van der Waals surface area contributed by atoms with Gasteiger partial charge in [-0.1, -0.05) is 13.0 Å². The van der Waals surface area contributed by atoms with Crippen LogP contribution in [0.1, 0.15) is 23.7 Å². The quantitative estimate of drug-likeness (QED) is 0.536. The van der Waals surface area contributed by atoms with Crippen molar-refractivity contribution in [1.29, 1.82) is 0 Å². The van der Waals surface area contributed by atoms with Gasteiger partial charge in [0.05, 0.1) is 0 Å². The predicted molar refractivity (Wildman–Crippen MR) is 50.1 cm³/mol. The zero-order chi connectivity index (χ0) is 10.6. The van der Waals surface area contributed by atoms with E-state index in [0.717, 1.165) is 18.2 Å². The summed E-state index contributed by atoms with van der Waals surface area (Å²) in [5, 5.41) is 0. The van der Waals surface area contributed by atoms with Gasteiger partial charge in [-0.2, -0.15) is 0 Å². The van der Waals surface area contributed by atoms with Gasteiger partial charge in [0.25, 0.3) is 0 Å². The molecule has 1 rings (SSSR count). The molecule has 0 aliphatic heterocycles. The van der Waals surface area contributed by atoms with Crippen molar-refractivity contribution in [2.75, 3.05) is 0 Å². The smallest absolute Gasteiger partial charge is 0.185 e. The second-order valence-electron chi connectivity index (χ2n) is 2.83. The Morgan fingerprint density at radius 2 is 1.86 bits per heavy atom. The fraction of sp³-hybridized carbons (Fsp3) is 0.182. The lowest BCUT2D eigenvalue weighted by Gasteiger charge is -1.96. The first-order chi connectivity index (χ1) is 6.63. The van der Waals surface area contributed by atoms with Gasteiger partial charge in [-0.25, -0.2) is 8.78 Å². The molecule has 0 spiro atoms. The van der Waals surface area contributed by atoms with Gasteiger partial charge in [-0.15, -0.1) is 0 Å². The van der Waals surface area contributed by atoms with Crippen molar-refractivity contribution in [3.63, 3.8) is 0 Å². The fourth-order valence-electron chi connectivity index (χ4n) is 1.02. The Kier molecular flexibility index (Phi) is 3.51. The van der Waals surface area contributed by atoms with E-state index in [0.29, 0.717) is 6.42 Å². The van der Waals surface area contributed by atoms with Crippen LogP contribution in [0.15, 0.2) is 30.4 Å². The van der Waals surface area contributed by atoms with Gasteiger partial charge >= 0.3 is 0 Å². The van der Waals surface area contributed by atoms with Crippen LogP contribution in [0.2, 0.25) is 0 Å². The average molecular weight is 196 g/mol. The van der Waals surface area contributed by atoms with Crippen molar-refractivity contribution in [2.45, 2.75) is 13.3 Å². The highest BCUT2D eigenvalue weighted by Crippen LogP contribution is 2.09. The molecule has 1 aromatic carbocycles. The first-order valence-corrected chi connectivity index (χ1v) is 4.30. The van der Waals surface area contributed by atoms with E-state index < -0.39 is 11.6 Å². The second kappa shape index (κ2) is 4.65. The van der Waals surface area contributed by atoms with Crippen LogP contribution in [-0.4, -0.2) is 5.78 Å². The Labute approximate surface area is 81.1 Å². The molecule has 0 saturated heterocycles. The molecular weight excluding hydrogens is 186 g/mol. The molecule has 1 nitrogen and oxygen atoms in total. The van der Waals surface area contributed by atoms with Crippen molar-refractivity contribution in [2.24, 2.45) is 0 Å². The predicted octanol–water partition coefficient (Wildman–Crippen LogP) is 3.11. The van der Waals surface area contributed by atoms with Crippen LogP contribution in [0.3, 0.4) is 0 Å². The molecule has 0 fully saturated rings. The molecule has 0 amide bonds. The van der Waals surface area contributed by atoms with Gasteiger partial charge in [0.2, 0.25) is 0 Å². The molecule has 0 radical (unpaired) electrons. The van der Waals surface area contributed by atoms with Crippen LogP contribution in [0.5, 0.6) is 0 Å². The van der Waals surface area contributed by atoms with Crippen molar-refractivity contribution in [3.05, 3.63) is 47.5 Å². The number of ketones is 1. The van der Waals surface area contributed by atoms with Gasteiger partial charge < -0.3 is 0 Å². The maximum atomic E-state index is 12.7. The minimum absolute atomic E-state index is 0.0344. The van der Waals surface area contributed by atoms with Crippen LogP contribution in [0, 0.1) is 11.6 Å².